The summed E-state index contributed by atoms with van der Waals surface area (Å²) in [6.07, 6.45) is -0.570. The number of hydrogen-bond acceptors (Lipinski definition) is 6. The maximum Gasteiger partial charge on any atom is 0.201 e. The smallest absolute Gasteiger partial charge is 0.201 e. The minimum atomic E-state index is -2.66. The van der Waals surface area contributed by atoms with Gasteiger partial charge in [0.1, 0.15) is 24.2 Å². The minimum absolute atomic E-state index is 0.0500. The van der Waals surface area contributed by atoms with Crippen molar-refractivity contribution >= 4 is 14.1 Å². The number of Topliss-reactive ketones (excluding diaryl/α,β-unsaturated/α-hetero) is 1. The van der Waals surface area contributed by atoms with E-state index in [1.54, 1.807) is 6.07 Å². The first-order valence-corrected chi connectivity index (χ1v) is 17.2. The Morgan fingerprint density at radius 2 is 1.48 bits per heavy atom. The molecule has 0 spiro atoms. The van der Waals surface area contributed by atoms with E-state index in [-0.39, 0.29) is 35.2 Å². The van der Waals surface area contributed by atoms with Crippen molar-refractivity contribution in [1.82, 2.24) is 0 Å². The van der Waals surface area contributed by atoms with Gasteiger partial charge in [0.05, 0.1) is 12.7 Å². The third-order valence-electron chi connectivity index (χ3n) is 9.69. The molecule has 0 radical (unpaired) electrons. The van der Waals surface area contributed by atoms with Crippen LogP contribution in [0.15, 0.2) is 66.7 Å². The molecule has 0 bridgehead atoms. The first-order chi connectivity index (χ1) is 19.9. The molecule has 6 nitrogen and oxygen atoms in total. The molecule has 2 aliphatic rings. The molecule has 42 heavy (non-hydrogen) atoms. The number of carbonyl (C=O) groups excluding carboxylic acids is 1. The fraction of sp³-hybridized carbons (Fsp3) is 0.457. The lowest BCUT2D eigenvalue weighted by Gasteiger charge is -2.57. The van der Waals surface area contributed by atoms with Gasteiger partial charge in [0.15, 0.2) is 11.2 Å². The highest BCUT2D eigenvalue weighted by Crippen LogP contribution is 2.61. The molecule has 0 amide bonds. The monoisotopic (exact) mass is 588 g/mol. The molecule has 0 aromatic heterocycles. The normalized spacial score (nSPS) is 23.5. The molecule has 0 saturated carbocycles. The van der Waals surface area contributed by atoms with E-state index in [1.165, 1.54) is 7.11 Å². The van der Waals surface area contributed by atoms with Crippen LogP contribution in [0.2, 0.25) is 16.6 Å². The van der Waals surface area contributed by atoms with E-state index < -0.39 is 31.4 Å². The largest absolute Gasteiger partial charge is 0.496 e. The Hall–Kier alpha value is -2.97. The van der Waals surface area contributed by atoms with Crippen molar-refractivity contribution in [2.24, 2.45) is 0 Å². The molecule has 224 valence electrons. The second-order valence-corrected chi connectivity index (χ2v) is 18.2. The first-order valence-electron chi connectivity index (χ1n) is 15.1. The first kappa shape index (κ1) is 30.5. The summed E-state index contributed by atoms with van der Waals surface area (Å²) in [6.45, 7) is 13.4. The Morgan fingerprint density at radius 3 is 2.10 bits per heavy atom. The van der Waals surface area contributed by atoms with Gasteiger partial charge in [0.25, 0.3) is 0 Å². The number of aryl methyl sites for hydroxylation is 1. The quantitative estimate of drug-likeness (QED) is 0.256. The van der Waals surface area contributed by atoms with Crippen molar-refractivity contribution in [3.8, 4) is 11.5 Å². The molecule has 3 aromatic rings. The summed E-state index contributed by atoms with van der Waals surface area (Å²) >= 11 is 0. The van der Waals surface area contributed by atoms with E-state index in [0.717, 1.165) is 11.1 Å². The summed E-state index contributed by atoms with van der Waals surface area (Å²) in [5.41, 5.74) is -0.576. The van der Waals surface area contributed by atoms with Gasteiger partial charge in [-0.1, -0.05) is 96.1 Å². The van der Waals surface area contributed by atoms with Crippen molar-refractivity contribution in [2.45, 2.75) is 94.9 Å². The Kier molecular flexibility index (Phi) is 8.18. The Balaban J connectivity index is 1.79. The molecule has 0 heterocycles. The predicted octanol–water partition coefficient (Wildman–Crippen LogP) is 7.27. The summed E-state index contributed by atoms with van der Waals surface area (Å²) in [5, 5.41) is 25.8. The lowest BCUT2D eigenvalue weighted by molar-refractivity contribution is -0.199. The molecule has 0 fully saturated rings. The van der Waals surface area contributed by atoms with E-state index in [1.807, 2.05) is 60.7 Å². The van der Waals surface area contributed by atoms with Gasteiger partial charge in [-0.3, -0.25) is 4.79 Å². The number of aliphatic hydroxyl groups is 2. The van der Waals surface area contributed by atoms with E-state index in [4.69, 9.17) is 13.9 Å². The molecule has 0 aliphatic heterocycles. The van der Waals surface area contributed by atoms with Gasteiger partial charge < -0.3 is 24.1 Å². The number of hydrogen-bond donors (Lipinski definition) is 2. The zero-order valence-corrected chi connectivity index (χ0v) is 26.8. The van der Waals surface area contributed by atoms with Crippen molar-refractivity contribution in [1.29, 1.82) is 0 Å². The molecular formula is C35H44O6Si. The fourth-order valence-corrected chi connectivity index (χ4v) is 13.3. The molecule has 5 rings (SSSR count). The highest BCUT2D eigenvalue weighted by molar-refractivity contribution is 6.77. The predicted molar refractivity (Wildman–Crippen MR) is 167 cm³/mol. The average molecular weight is 589 g/mol. The van der Waals surface area contributed by atoms with Crippen LogP contribution < -0.4 is 9.47 Å². The molecule has 0 unspecified atom stereocenters. The van der Waals surface area contributed by atoms with Gasteiger partial charge in [0.2, 0.25) is 14.1 Å². The van der Waals surface area contributed by atoms with E-state index in [2.05, 4.69) is 41.5 Å². The Labute approximate surface area is 250 Å². The highest BCUT2D eigenvalue weighted by Gasteiger charge is 2.69. The van der Waals surface area contributed by atoms with Crippen LogP contribution in [0.25, 0.3) is 0 Å². The van der Waals surface area contributed by atoms with Crippen molar-refractivity contribution in [2.75, 3.05) is 7.11 Å². The third kappa shape index (κ3) is 4.44. The minimum Gasteiger partial charge on any atom is -0.496 e. The fourth-order valence-electron chi connectivity index (χ4n) is 7.79. The van der Waals surface area contributed by atoms with Crippen LogP contribution in [-0.4, -0.2) is 37.0 Å². The lowest BCUT2D eigenvalue weighted by Crippen LogP contribution is -2.67. The number of benzene rings is 3. The van der Waals surface area contributed by atoms with Gasteiger partial charge in [0, 0.05) is 5.56 Å². The highest BCUT2D eigenvalue weighted by atomic mass is 28.4. The number of ether oxygens (including phenoxy) is 2. The number of fused-ring (bicyclic) bond motifs is 4. The zero-order valence-electron chi connectivity index (χ0n) is 25.8. The van der Waals surface area contributed by atoms with Gasteiger partial charge in [-0.15, -0.1) is 0 Å². The van der Waals surface area contributed by atoms with Crippen LogP contribution in [0.1, 0.15) is 86.7 Å². The SMILES string of the molecule is COc1cccc2c1C(=O)[C@]1(O)CCc3cccc(OCc4ccccc4)c3[C@]1(O)[C@@H]2O[Si](C(C)C)(C(C)C)C(C)C. The zero-order chi connectivity index (χ0) is 30.4. The maximum atomic E-state index is 14.4. The number of methoxy groups -OCH3 is 1. The molecule has 0 saturated heterocycles. The standard InChI is InChI=1S/C35H44O6Si/c1-22(2)42(23(3)4,24(5)6)41-33-27-16-12-17-28(39-7)30(27)32(36)34(37)20-19-26-15-11-18-29(31(26)35(33,34)38)40-21-25-13-9-8-10-14-25/h8-18,22-24,33,37-38H,19-21H2,1-7H3/t33-,34-,35+/m1/s1. The van der Waals surface area contributed by atoms with E-state index in [0.29, 0.717) is 29.0 Å². The Morgan fingerprint density at radius 1 is 0.857 bits per heavy atom. The molecule has 2 N–H and O–H groups in total. The molecule has 3 atom stereocenters. The topological polar surface area (TPSA) is 85.2 Å². The van der Waals surface area contributed by atoms with Crippen molar-refractivity contribution in [3.05, 3.63) is 94.5 Å². The Bertz CT molecular complexity index is 1430. The van der Waals surface area contributed by atoms with Crippen LogP contribution in [0.5, 0.6) is 11.5 Å². The van der Waals surface area contributed by atoms with Crippen molar-refractivity contribution in [3.63, 3.8) is 0 Å². The number of ketones is 1. The molecule has 3 aromatic carbocycles. The summed E-state index contributed by atoms with van der Waals surface area (Å²) in [6, 6.07) is 20.9. The van der Waals surface area contributed by atoms with Gasteiger partial charge in [-0.05, 0) is 58.3 Å². The summed E-state index contributed by atoms with van der Waals surface area (Å²) in [5.74, 6) is 0.259. The van der Waals surface area contributed by atoms with Crippen LogP contribution in [0, 0.1) is 0 Å². The van der Waals surface area contributed by atoms with Gasteiger partial charge >= 0.3 is 0 Å². The van der Waals surface area contributed by atoms with Gasteiger partial charge in [-0.25, -0.2) is 0 Å². The molecular weight excluding hydrogens is 544 g/mol. The summed E-state index contributed by atoms with van der Waals surface area (Å²) in [4.78, 5) is 14.4. The van der Waals surface area contributed by atoms with E-state index >= 15 is 0 Å². The maximum absolute atomic E-state index is 14.4. The molecule has 2 aliphatic carbocycles. The lowest BCUT2D eigenvalue weighted by atomic mass is 9.58. The summed E-state index contributed by atoms with van der Waals surface area (Å²) in [7, 11) is -1.14. The average Bonchev–Trinajstić information content (AvgIpc) is 2.97. The van der Waals surface area contributed by atoms with Crippen LogP contribution >= 0.6 is 0 Å². The summed E-state index contributed by atoms with van der Waals surface area (Å²) < 4.78 is 19.5. The van der Waals surface area contributed by atoms with Crippen molar-refractivity contribution < 1.29 is 28.9 Å². The second kappa shape index (κ2) is 11.3. The van der Waals surface area contributed by atoms with E-state index in [9.17, 15) is 15.0 Å². The third-order valence-corrected chi connectivity index (χ3v) is 15.7. The van der Waals surface area contributed by atoms with Crippen LogP contribution in [0.4, 0.5) is 0 Å². The molecule has 7 heteroatoms. The second-order valence-electron chi connectivity index (χ2n) is 12.8. The van der Waals surface area contributed by atoms with Crippen LogP contribution in [0.3, 0.4) is 0 Å². The number of rotatable bonds is 9. The van der Waals surface area contributed by atoms with Gasteiger partial charge in [-0.2, -0.15) is 0 Å². The number of carbonyl (C=O) groups is 1. The van der Waals surface area contributed by atoms with Crippen LogP contribution in [-0.2, 0) is 23.1 Å².